The first kappa shape index (κ1) is 15.7. The molecule has 0 rings (SSSR count). The molecule has 0 bridgehead atoms. The SMILES string of the molecule is CCC/C=C/CCCCCCCCCCO. The van der Waals surface area contributed by atoms with Crippen LogP contribution in [-0.2, 0) is 0 Å². The van der Waals surface area contributed by atoms with E-state index in [-0.39, 0.29) is 0 Å². The third-order valence-electron chi connectivity index (χ3n) is 2.90. The summed E-state index contributed by atoms with van der Waals surface area (Å²) < 4.78 is 0. The lowest BCUT2D eigenvalue weighted by atomic mass is 10.1. The molecular weight excluding hydrogens is 196 g/mol. The maximum absolute atomic E-state index is 8.62. The Bertz CT molecular complexity index is 140. The van der Waals surface area contributed by atoms with Crippen molar-refractivity contribution in [2.24, 2.45) is 0 Å². The van der Waals surface area contributed by atoms with Crippen molar-refractivity contribution in [1.82, 2.24) is 0 Å². The first-order chi connectivity index (χ1) is 7.91. The van der Waals surface area contributed by atoms with E-state index in [1.54, 1.807) is 0 Å². The summed E-state index contributed by atoms with van der Waals surface area (Å²) in [7, 11) is 0. The largest absolute Gasteiger partial charge is 0.396 e. The summed E-state index contributed by atoms with van der Waals surface area (Å²) in [6.45, 7) is 2.59. The van der Waals surface area contributed by atoms with Crippen LogP contribution in [0.2, 0.25) is 0 Å². The molecule has 0 unspecified atom stereocenters. The van der Waals surface area contributed by atoms with Gasteiger partial charge in [0.15, 0.2) is 0 Å². The van der Waals surface area contributed by atoms with Gasteiger partial charge in [0.2, 0.25) is 0 Å². The molecule has 0 aromatic heterocycles. The Labute approximate surface area is 102 Å². The Hall–Kier alpha value is -0.300. The van der Waals surface area contributed by atoms with E-state index in [4.69, 9.17) is 5.11 Å². The highest BCUT2D eigenvalue weighted by Gasteiger charge is 1.91. The summed E-state index contributed by atoms with van der Waals surface area (Å²) in [6, 6.07) is 0. The fraction of sp³-hybridized carbons (Fsp3) is 0.867. The lowest BCUT2D eigenvalue weighted by Crippen LogP contribution is -1.84. The van der Waals surface area contributed by atoms with Crippen LogP contribution in [0.5, 0.6) is 0 Å². The minimum Gasteiger partial charge on any atom is -0.396 e. The minimum absolute atomic E-state index is 0.365. The van der Waals surface area contributed by atoms with Crippen LogP contribution in [0, 0.1) is 0 Å². The predicted octanol–water partition coefficient (Wildman–Crippen LogP) is 4.85. The van der Waals surface area contributed by atoms with Crippen LogP contribution in [0.25, 0.3) is 0 Å². The maximum atomic E-state index is 8.62. The van der Waals surface area contributed by atoms with Gasteiger partial charge in [-0.25, -0.2) is 0 Å². The Morgan fingerprint density at radius 2 is 1.19 bits per heavy atom. The molecule has 0 aliphatic rings. The zero-order valence-corrected chi connectivity index (χ0v) is 11.1. The minimum atomic E-state index is 0.365. The Kier molecular flexibility index (Phi) is 14.4. The normalized spacial score (nSPS) is 11.4. The number of hydrogen-bond donors (Lipinski definition) is 1. The molecule has 0 amide bonds. The van der Waals surface area contributed by atoms with Crippen molar-refractivity contribution in [1.29, 1.82) is 0 Å². The zero-order valence-electron chi connectivity index (χ0n) is 11.1. The number of aliphatic hydroxyl groups is 1. The molecule has 0 aromatic carbocycles. The van der Waals surface area contributed by atoms with Gasteiger partial charge in [0, 0.05) is 6.61 Å². The summed E-state index contributed by atoms with van der Waals surface area (Å²) in [4.78, 5) is 0. The van der Waals surface area contributed by atoms with Crippen molar-refractivity contribution in [3.63, 3.8) is 0 Å². The average molecular weight is 226 g/mol. The molecular formula is C15H30O. The first-order valence-corrected chi connectivity index (χ1v) is 7.17. The van der Waals surface area contributed by atoms with Gasteiger partial charge in [0.05, 0.1) is 0 Å². The standard InChI is InChI=1S/C15H30O/c1-2-3-4-5-6-7-8-9-10-11-12-13-14-15-16/h4-5,16H,2-3,6-15H2,1H3/b5-4+. The summed E-state index contributed by atoms with van der Waals surface area (Å²) in [5, 5.41) is 8.62. The van der Waals surface area contributed by atoms with Gasteiger partial charge in [-0.3, -0.25) is 0 Å². The molecule has 1 heteroatoms. The van der Waals surface area contributed by atoms with Crippen LogP contribution in [0.15, 0.2) is 12.2 Å². The van der Waals surface area contributed by atoms with E-state index in [0.29, 0.717) is 6.61 Å². The van der Waals surface area contributed by atoms with Gasteiger partial charge >= 0.3 is 0 Å². The fourth-order valence-corrected chi connectivity index (χ4v) is 1.84. The molecule has 96 valence electrons. The van der Waals surface area contributed by atoms with Gasteiger partial charge in [0.25, 0.3) is 0 Å². The van der Waals surface area contributed by atoms with Crippen LogP contribution in [-0.4, -0.2) is 11.7 Å². The van der Waals surface area contributed by atoms with Crippen molar-refractivity contribution in [3.05, 3.63) is 12.2 Å². The molecule has 0 spiro atoms. The van der Waals surface area contributed by atoms with E-state index in [2.05, 4.69) is 19.1 Å². The summed E-state index contributed by atoms with van der Waals surface area (Å²) in [5.41, 5.74) is 0. The topological polar surface area (TPSA) is 20.2 Å². The molecule has 0 heterocycles. The number of hydrogen-bond acceptors (Lipinski definition) is 1. The van der Waals surface area contributed by atoms with Gasteiger partial charge in [0.1, 0.15) is 0 Å². The van der Waals surface area contributed by atoms with Gasteiger partial charge < -0.3 is 5.11 Å². The number of rotatable bonds is 12. The summed E-state index contributed by atoms with van der Waals surface area (Å²) >= 11 is 0. The Morgan fingerprint density at radius 1 is 0.688 bits per heavy atom. The first-order valence-electron chi connectivity index (χ1n) is 7.17. The third kappa shape index (κ3) is 13.7. The van der Waals surface area contributed by atoms with Crippen molar-refractivity contribution < 1.29 is 5.11 Å². The number of unbranched alkanes of at least 4 members (excludes halogenated alkanes) is 9. The van der Waals surface area contributed by atoms with Gasteiger partial charge in [-0.1, -0.05) is 64.0 Å². The molecule has 0 saturated carbocycles. The van der Waals surface area contributed by atoms with Crippen LogP contribution >= 0.6 is 0 Å². The molecule has 16 heavy (non-hydrogen) atoms. The van der Waals surface area contributed by atoms with Crippen molar-refractivity contribution in [2.45, 2.75) is 77.6 Å². The highest BCUT2D eigenvalue weighted by Crippen LogP contribution is 2.09. The smallest absolute Gasteiger partial charge is 0.0431 e. The molecule has 0 saturated heterocycles. The Morgan fingerprint density at radius 3 is 1.75 bits per heavy atom. The third-order valence-corrected chi connectivity index (χ3v) is 2.90. The monoisotopic (exact) mass is 226 g/mol. The van der Waals surface area contributed by atoms with Crippen LogP contribution in [0.4, 0.5) is 0 Å². The van der Waals surface area contributed by atoms with Crippen LogP contribution in [0.1, 0.15) is 77.6 Å². The van der Waals surface area contributed by atoms with Crippen molar-refractivity contribution >= 4 is 0 Å². The summed E-state index contributed by atoms with van der Waals surface area (Å²) in [6.07, 6.45) is 18.8. The second-order valence-electron chi connectivity index (χ2n) is 4.60. The van der Waals surface area contributed by atoms with Crippen LogP contribution < -0.4 is 0 Å². The quantitative estimate of drug-likeness (QED) is 0.373. The molecule has 0 aromatic rings. The number of allylic oxidation sites excluding steroid dienone is 2. The lowest BCUT2D eigenvalue weighted by Gasteiger charge is -2.00. The van der Waals surface area contributed by atoms with E-state index >= 15 is 0 Å². The van der Waals surface area contributed by atoms with Crippen LogP contribution in [0.3, 0.4) is 0 Å². The van der Waals surface area contributed by atoms with E-state index in [9.17, 15) is 0 Å². The number of aliphatic hydroxyl groups excluding tert-OH is 1. The fourth-order valence-electron chi connectivity index (χ4n) is 1.84. The van der Waals surface area contributed by atoms with E-state index in [1.165, 1.54) is 64.2 Å². The molecule has 1 N–H and O–H groups in total. The molecule has 0 radical (unpaired) electrons. The lowest BCUT2D eigenvalue weighted by molar-refractivity contribution is 0.282. The van der Waals surface area contributed by atoms with E-state index < -0.39 is 0 Å². The highest BCUT2D eigenvalue weighted by atomic mass is 16.2. The second kappa shape index (κ2) is 14.7. The van der Waals surface area contributed by atoms with Crippen molar-refractivity contribution in [3.8, 4) is 0 Å². The average Bonchev–Trinajstić information content (AvgIpc) is 2.31. The maximum Gasteiger partial charge on any atom is 0.0431 e. The van der Waals surface area contributed by atoms with Gasteiger partial charge in [-0.2, -0.15) is 0 Å². The Balaban J connectivity index is 2.93. The molecule has 0 fully saturated rings. The molecule has 1 nitrogen and oxygen atoms in total. The second-order valence-corrected chi connectivity index (χ2v) is 4.60. The van der Waals surface area contributed by atoms with E-state index in [0.717, 1.165) is 6.42 Å². The zero-order chi connectivity index (χ0) is 11.9. The molecule has 0 aliphatic heterocycles. The van der Waals surface area contributed by atoms with Gasteiger partial charge in [-0.15, -0.1) is 0 Å². The molecule has 0 aliphatic carbocycles. The van der Waals surface area contributed by atoms with Gasteiger partial charge in [-0.05, 0) is 25.7 Å². The van der Waals surface area contributed by atoms with Crippen molar-refractivity contribution in [2.75, 3.05) is 6.61 Å². The predicted molar refractivity (Wildman–Crippen MR) is 72.7 cm³/mol. The molecule has 0 atom stereocenters. The highest BCUT2D eigenvalue weighted by molar-refractivity contribution is 4.80. The summed E-state index contributed by atoms with van der Waals surface area (Å²) in [5.74, 6) is 0. The van der Waals surface area contributed by atoms with E-state index in [1.807, 2.05) is 0 Å².